The van der Waals surface area contributed by atoms with E-state index in [9.17, 15) is 14.4 Å². The lowest BCUT2D eigenvalue weighted by Gasteiger charge is -2.16. The van der Waals surface area contributed by atoms with E-state index in [2.05, 4.69) is 4.99 Å². The Hall–Kier alpha value is -4.07. The number of rotatable bonds is 8. The minimum atomic E-state index is -0.637. The van der Waals surface area contributed by atoms with Gasteiger partial charge in [0, 0.05) is 12.7 Å². The number of carbonyl (C=O) groups excluding carboxylic acids is 2. The Kier molecular flexibility index (Phi) is 7.73. The van der Waals surface area contributed by atoms with Crippen LogP contribution in [0, 0.1) is 0 Å². The van der Waals surface area contributed by atoms with Gasteiger partial charge in [0.1, 0.15) is 16.9 Å². The van der Waals surface area contributed by atoms with Crippen LogP contribution in [0.2, 0.25) is 0 Å². The van der Waals surface area contributed by atoms with Gasteiger partial charge in [0.25, 0.3) is 11.5 Å². The lowest BCUT2D eigenvalue weighted by molar-refractivity contribution is -0.119. The van der Waals surface area contributed by atoms with E-state index in [1.165, 1.54) is 10.5 Å². The highest BCUT2D eigenvalue weighted by atomic mass is 16.5. The molecule has 0 N–H and O–H groups in total. The molecule has 0 aliphatic carbocycles. The Morgan fingerprint density at radius 2 is 1.81 bits per heavy atom. The van der Waals surface area contributed by atoms with Crippen molar-refractivity contribution in [2.75, 3.05) is 6.61 Å². The first-order valence-electron chi connectivity index (χ1n) is 12.4. The van der Waals surface area contributed by atoms with Crippen molar-refractivity contribution >= 4 is 28.6 Å². The molecule has 8 heteroatoms. The second-order valence-electron chi connectivity index (χ2n) is 8.51. The number of aryl methyl sites for hydroxylation is 1. The largest absolute Gasteiger partial charge is 0.462 e. The summed E-state index contributed by atoms with van der Waals surface area (Å²) in [5, 5.41) is 0.263. The van der Waals surface area contributed by atoms with Crippen LogP contribution in [0.3, 0.4) is 0 Å². The molecule has 0 bridgehead atoms. The van der Waals surface area contributed by atoms with Crippen LogP contribution in [-0.2, 0) is 16.1 Å². The van der Waals surface area contributed by atoms with Crippen LogP contribution in [0.25, 0.3) is 16.7 Å². The second kappa shape index (κ2) is 11.1. The fraction of sp³-hybridized carbons (Fsp3) is 0.321. The molecule has 0 saturated carbocycles. The fourth-order valence-electron chi connectivity index (χ4n) is 4.31. The highest BCUT2D eigenvalue weighted by Gasteiger charge is 2.22. The molecule has 1 amide bonds. The molecule has 0 spiro atoms. The van der Waals surface area contributed by atoms with Crippen molar-refractivity contribution in [3.8, 4) is 0 Å². The molecule has 36 heavy (non-hydrogen) atoms. The van der Waals surface area contributed by atoms with Gasteiger partial charge in [-0.05, 0) is 43.5 Å². The number of nitrogens with zero attached hydrogens (tertiary/aromatic N) is 4. The summed E-state index contributed by atoms with van der Waals surface area (Å²) < 4.78 is 8.46. The molecule has 1 aromatic carbocycles. The average molecular weight is 487 g/mol. The molecule has 0 aliphatic heterocycles. The first kappa shape index (κ1) is 25.0. The zero-order valence-electron chi connectivity index (χ0n) is 20.8. The molecule has 4 aromatic rings. The molecule has 3 heterocycles. The van der Waals surface area contributed by atoms with Crippen molar-refractivity contribution in [3.63, 3.8) is 0 Å². The molecule has 1 atom stereocenters. The molecule has 186 valence electrons. The highest BCUT2D eigenvalue weighted by molar-refractivity contribution is 5.94. The third-order valence-electron chi connectivity index (χ3n) is 6.14. The number of carbonyl (C=O) groups is 2. The lowest BCUT2D eigenvalue weighted by atomic mass is 9.96. The van der Waals surface area contributed by atoms with Crippen molar-refractivity contribution in [1.29, 1.82) is 0 Å². The number of ether oxygens (including phenoxy) is 1. The number of amides is 1. The van der Waals surface area contributed by atoms with Crippen molar-refractivity contribution in [1.82, 2.24) is 14.0 Å². The number of benzene rings is 1. The van der Waals surface area contributed by atoms with Crippen LogP contribution >= 0.6 is 0 Å². The van der Waals surface area contributed by atoms with E-state index >= 15 is 0 Å². The Labute approximate surface area is 208 Å². The molecule has 0 saturated heterocycles. The van der Waals surface area contributed by atoms with E-state index < -0.39 is 11.9 Å². The van der Waals surface area contributed by atoms with Crippen LogP contribution in [0.5, 0.6) is 0 Å². The smallest absolute Gasteiger partial charge is 0.341 e. The topological polar surface area (TPSA) is 95.0 Å². The maximum absolute atomic E-state index is 13.5. The molecular formula is C28H30N4O4. The number of hydrogen-bond acceptors (Lipinski definition) is 5. The van der Waals surface area contributed by atoms with Crippen LogP contribution in [-0.4, -0.2) is 32.4 Å². The van der Waals surface area contributed by atoms with Gasteiger partial charge in [0.05, 0.1) is 17.9 Å². The third-order valence-corrected chi connectivity index (χ3v) is 6.14. The lowest BCUT2D eigenvalue weighted by Crippen LogP contribution is -2.33. The molecule has 0 aliphatic rings. The van der Waals surface area contributed by atoms with E-state index in [0.717, 1.165) is 18.4 Å². The molecule has 3 aromatic heterocycles. The van der Waals surface area contributed by atoms with Gasteiger partial charge in [0.2, 0.25) is 0 Å². The molecule has 0 radical (unpaired) electrons. The van der Waals surface area contributed by atoms with Gasteiger partial charge in [0.15, 0.2) is 5.49 Å². The van der Waals surface area contributed by atoms with E-state index in [4.69, 9.17) is 9.72 Å². The van der Waals surface area contributed by atoms with Crippen LogP contribution < -0.4 is 11.0 Å². The van der Waals surface area contributed by atoms with Crippen LogP contribution in [0.4, 0.5) is 0 Å². The zero-order valence-corrected chi connectivity index (χ0v) is 20.8. The quantitative estimate of drug-likeness (QED) is 0.274. The van der Waals surface area contributed by atoms with Crippen molar-refractivity contribution in [3.05, 3.63) is 87.8 Å². The van der Waals surface area contributed by atoms with E-state index in [1.54, 1.807) is 35.9 Å². The van der Waals surface area contributed by atoms with Gasteiger partial charge in [-0.25, -0.2) is 9.78 Å². The van der Waals surface area contributed by atoms with Gasteiger partial charge in [-0.15, -0.1) is 0 Å². The summed E-state index contributed by atoms with van der Waals surface area (Å²) in [6.45, 7) is 6.26. The van der Waals surface area contributed by atoms with Crippen molar-refractivity contribution < 1.29 is 14.3 Å². The van der Waals surface area contributed by atoms with Crippen LogP contribution in [0.1, 0.15) is 61.9 Å². The zero-order chi connectivity index (χ0) is 25.7. The number of fused-ring (bicyclic) bond motifs is 2. The summed E-state index contributed by atoms with van der Waals surface area (Å²) in [6, 6.07) is 16.2. The Morgan fingerprint density at radius 3 is 2.50 bits per heavy atom. The molecule has 0 unspecified atom stereocenters. The van der Waals surface area contributed by atoms with Gasteiger partial charge >= 0.3 is 5.97 Å². The number of aromatic nitrogens is 3. The number of unbranched alkanes of at least 4 members (excludes halogenated alkanes) is 1. The summed E-state index contributed by atoms with van der Waals surface area (Å²) in [4.78, 5) is 49.2. The van der Waals surface area contributed by atoms with Crippen molar-refractivity contribution in [2.24, 2.45) is 4.99 Å². The first-order chi connectivity index (χ1) is 17.5. The predicted molar refractivity (Wildman–Crippen MR) is 138 cm³/mol. The summed E-state index contributed by atoms with van der Waals surface area (Å²) >= 11 is 0. The first-order valence-corrected chi connectivity index (χ1v) is 12.4. The molecular weight excluding hydrogens is 456 g/mol. The summed E-state index contributed by atoms with van der Waals surface area (Å²) in [5.41, 5.74) is 1.64. The van der Waals surface area contributed by atoms with Gasteiger partial charge in [-0.2, -0.15) is 4.99 Å². The van der Waals surface area contributed by atoms with Gasteiger partial charge in [-0.3, -0.25) is 14.0 Å². The van der Waals surface area contributed by atoms with Crippen molar-refractivity contribution in [2.45, 2.75) is 52.5 Å². The average Bonchev–Trinajstić information content (AvgIpc) is 2.89. The van der Waals surface area contributed by atoms with Crippen LogP contribution in [0.15, 0.2) is 70.6 Å². The van der Waals surface area contributed by atoms with E-state index in [-0.39, 0.29) is 34.5 Å². The maximum Gasteiger partial charge on any atom is 0.341 e. The maximum atomic E-state index is 13.5. The normalized spacial score (nSPS) is 12.7. The molecule has 8 nitrogen and oxygen atoms in total. The van der Waals surface area contributed by atoms with Gasteiger partial charge in [-0.1, -0.05) is 56.7 Å². The van der Waals surface area contributed by atoms with Gasteiger partial charge < -0.3 is 9.30 Å². The molecule has 0 fully saturated rings. The SMILES string of the molecule is CCCCn1c(=NC(=O)[C@H](CC)c2ccccc2)c(C(=O)OCC)cc2c(=O)n3ccccc3nc21. The number of pyridine rings is 2. The highest BCUT2D eigenvalue weighted by Crippen LogP contribution is 2.21. The Morgan fingerprint density at radius 1 is 1.06 bits per heavy atom. The second-order valence-corrected chi connectivity index (χ2v) is 8.51. The predicted octanol–water partition coefficient (Wildman–Crippen LogP) is 4.25. The minimum absolute atomic E-state index is 0.0755. The Bertz CT molecular complexity index is 1540. The standard InChI is InChI=1S/C28H30N4O4/c1-4-7-16-32-24-21(27(34)31-17-12-11-15-23(31)29-24)18-22(28(35)36-6-3)25(32)30-26(33)20(5-2)19-13-9-8-10-14-19/h8-15,17-18,20H,4-7,16H2,1-3H3/t20-/m1/s1. The van der Waals surface area contributed by atoms with E-state index in [0.29, 0.717) is 24.3 Å². The Balaban J connectivity index is 2.07. The minimum Gasteiger partial charge on any atom is -0.462 e. The summed E-state index contributed by atoms with van der Waals surface area (Å²) in [7, 11) is 0. The van der Waals surface area contributed by atoms with E-state index in [1.807, 2.05) is 44.2 Å². The molecule has 4 rings (SSSR count). The summed E-state index contributed by atoms with van der Waals surface area (Å²) in [5.74, 6) is -1.47. The summed E-state index contributed by atoms with van der Waals surface area (Å²) in [6.07, 6.45) is 3.79. The number of hydrogen-bond donors (Lipinski definition) is 0. The third kappa shape index (κ3) is 4.84. The number of esters is 1. The fourth-order valence-corrected chi connectivity index (χ4v) is 4.31. The monoisotopic (exact) mass is 486 g/mol.